The number of fused-ring (bicyclic) bond motifs is 2. The summed E-state index contributed by atoms with van der Waals surface area (Å²) in [6.07, 6.45) is 4.97. The van der Waals surface area contributed by atoms with Crippen LogP contribution in [0.5, 0.6) is 0 Å². The average Bonchev–Trinajstić information content (AvgIpc) is 2.76. The van der Waals surface area contributed by atoms with Crippen molar-refractivity contribution in [3.05, 3.63) is 0 Å². The highest BCUT2D eigenvalue weighted by Crippen LogP contribution is 2.62. The van der Waals surface area contributed by atoms with Crippen LogP contribution >= 0.6 is 0 Å². The topological polar surface area (TPSA) is 41.1 Å². The average molecular weight is 252 g/mol. The molecule has 0 saturated heterocycles. The van der Waals surface area contributed by atoms with Crippen LogP contribution in [0.15, 0.2) is 0 Å². The van der Waals surface area contributed by atoms with Crippen LogP contribution in [-0.4, -0.2) is 25.0 Å². The van der Waals surface area contributed by atoms with Gasteiger partial charge in [0.2, 0.25) is 5.91 Å². The van der Waals surface area contributed by atoms with E-state index in [1.54, 1.807) is 0 Å². The SMILES string of the molecule is CCCNCC(=O)NC1C2(C)CCC(C2)C1(C)C. The van der Waals surface area contributed by atoms with Gasteiger partial charge < -0.3 is 10.6 Å². The second kappa shape index (κ2) is 4.84. The fraction of sp³-hybridized carbons (Fsp3) is 0.933. The Morgan fingerprint density at radius 2 is 2.06 bits per heavy atom. The van der Waals surface area contributed by atoms with E-state index in [9.17, 15) is 4.79 Å². The minimum atomic E-state index is 0.162. The van der Waals surface area contributed by atoms with Crippen LogP contribution in [0.25, 0.3) is 0 Å². The van der Waals surface area contributed by atoms with Gasteiger partial charge in [-0.25, -0.2) is 0 Å². The van der Waals surface area contributed by atoms with Gasteiger partial charge in [-0.05, 0) is 49.0 Å². The van der Waals surface area contributed by atoms with Crippen LogP contribution in [0.2, 0.25) is 0 Å². The maximum absolute atomic E-state index is 12.0. The third-order valence-corrected chi connectivity index (χ3v) is 5.29. The summed E-state index contributed by atoms with van der Waals surface area (Å²) in [5.74, 6) is 0.951. The van der Waals surface area contributed by atoms with Crippen LogP contribution in [0.3, 0.4) is 0 Å². The van der Waals surface area contributed by atoms with Crippen molar-refractivity contribution in [3.63, 3.8) is 0 Å². The van der Waals surface area contributed by atoms with Gasteiger partial charge in [0.05, 0.1) is 6.54 Å². The summed E-state index contributed by atoms with van der Waals surface area (Å²) in [6, 6.07) is 0.347. The van der Waals surface area contributed by atoms with Gasteiger partial charge >= 0.3 is 0 Å². The molecule has 2 aliphatic rings. The van der Waals surface area contributed by atoms with Crippen LogP contribution < -0.4 is 10.6 Å². The summed E-state index contributed by atoms with van der Waals surface area (Å²) in [6.45, 7) is 10.5. The lowest BCUT2D eigenvalue weighted by Gasteiger charge is -2.43. The molecule has 0 aromatic rings. The van der Waals surface area contributed by atoms with Crippen molar-refractivity contribution in [2.24, 2.45) is 16.7 Å². The van der Waals surface area contributed by atoms with Gasteiger partial charge in [0, 0.05) is 6.04 Å². The summed E-state index contributed by atoms with van der Waals surface area (Å²) in [5, 5.41) is 6.48. The zero-order valence-electron chi connectivity index (χ0n) is 12.3. The van der Waals surface area contributed by atoms with Crippen LogP contribution in [-0.2, 0) is 4.79 Å². The maximum atomic E-state index is 12.0. The molecule has 104 valence electrons. The Hall–Kier alpha value is -0.570. The Bertz CT molecular complexity index is 322. The standard InChI is InChI=1S/C15H28N2O/c1-5-8-16-10-12(18)17-13-14(2,3)11-6-7-15(13,4)9-11/h11,13,16H,5-10H2,1-4H3,(H,17,18). The zero-order chi connectivity index (χ0) is 13.4. The number of amides is 1. The molecule has 3 heteroatoms. The van der Waals surface area contributed by atoms with Crippen molar-refractivity contribution in [2.75, 3.05) is 13.1 Å². The molecular formula is C15H28N2O. The predicted molar refractivity (Wildman–Crippen MR) is 74.3 cm³/mol. The summed E-state index contributed by atoms with van der Waals surface area (Å²) in [4.78, 5) is 12.0. The molecule has 1 amide bonds. The molecule has 2 N–H and O–H groups in total. The van der Waals surface area contributed by atoms with Gasteiger partial charge in [-0.1, -0.05) is 27.7 Å². The van der Waals surface area contributed by atoms with Gasteiger partial charge in [0.1, 0.15) is 0 Å². The number of carbonyl (C=O) groups is 1. The Morgan fingerprint density at radius 1 is 1.33 bits per heavy atom. The van der Waals surface area contributed by atoms with Crippen molar-refractivity contribution < 1.29 is 4.79 Å². The highest BCUT2D eigenvalue weighted by molar-refractivity contribution is 5.78. The van der Waals surface area contributed by atoms with Crippen LogP contribution in [0.4, 0.5) is 0 Å². The molecule has 2 bridgehead atoms. The van der Waals surface area contributed by atoms with E-state index in [-0.39, 0.29) is 11.3 Å². The largest absolute Gasteiger partial charge is 0.351 e. The smallest absolute Gasteiger partial charge is 0.234 e. The van der Waals surface area contributed by atoms with Gasteiger partial charge in [-0.3, -0.25) is 4.79 Å². The van der Waals surface area contributed by atoms with E-state index in [1.807, 2.05) is 0 Å². The molecular weight excluding hydrogens is 224 g/mol. The van der Waals surface area contributed by atoms with Crippen LogP contribution in [0, 0.1) is 16.7 Å². The van der Waals surface area contributed by atoms with Gasteiger partial charge in [0.25, 0.3) is 0 Å². The molecule has 3 atom stereocenters. The minimum absolute atomic E-state index is 0.162. The molecule has 3 unspecified atom stereocenters. The third-order valence-electron chi connectivity index (χ3n) is 5.29. The van der Waals surface area contributed by atoms with E-state index < -0.39 is 0 Å². The first-order valence-corrected chi connectivity index (χ1v) is 7.40. The van der Waals surface area contributed by atoms with Crippen molar-refractivity contribution in [2.45, 2.75) is 59.4 Å². The van der Waals surface area contributed by atoms with Crippen molar-refractivity contribution in [1.29, 1.82) is 0 Å². The minimum Gasteiger partial charge on any atom is -0.351 e. The van der Waals surface area contributed by atoms with E-state index >= 15 is 0 Å². The lowest BCUT2D eigenvalue weighted by molar-refractivity contribution is -0.123. The van der Waals surface area contributed by atoms with E-state index in [1.165, 1.54) is 19.3 Å². The molecule has 2 saturated carbocycles. The first-order valence-electron chi connectivity index (χ1n) is 7.40. The van der Waals surface area contributed by atoms with E-state index in [0.717, 1.165) is 18.9 Å². The highest BCUT2D eigenvalue weighted by Gasteiger charge is 2.59. The van der Waals surface area contributed by atoms with E-state index in [0.29, 0.717) is 18.0 Å². The number of carbonyl (C=O) groups excluding carboxylic acids is 1. The number of nitrogens with one attached hydrogen (secondary N) is 2. The second-order valence-electron chi connectivity index (χ2n) is 7.09. The van der Waals surface area contributed by atoms with Crippen molar-refractivity contribution >= 4 is 5.91 Å². The van der Waals surface area contributed by atoms with Crippen LogP contribution in [0.1, 0.15) is 53.4 Å². The number of rotatable bonds is 5. The molecule has 0 aromatic carbocycles. The summed E-state index contributed by atoms with van der Waals surface area (Å²) < 4.78 is 0. The van der Waals surface area contributed by atoms with Gasteiger partial charge in [-0.15, -0.1) is 0 Å². The Kier molecular flexibility index (Phi) is 3.72. The Morgan fingerprint density at radius 3 is 2.61 bits per heavy atom. The molecule has 2 aliphatic carbocycles. The van der Waals surface area contributed by atoms with Gasteiger partial charge in [0.15, 0.2) is 0 Å². The molecule has 3 nitrogen and oxygen atoms in total. The van der Waals surface area contributed by atoms with Crippen molar-refractivity contribution in [3.8, 4) is 0 Å². The maximum Gasteiger partial charge on any atom is 0.234 e. The summed E-state index contributed by atoms with van der Waals surface area (Å²) >= 11 is 0. The molecule has 2 fully saturated rings. The molecule has 0 radical (unpaired) electrons. The quantitative estimate of drug-likeness (QED) is 0.737. The first-order chi connectivity index (χ1) is 8.40. The molecule has 0 spiro atoms. The fourth-order valence-electron chi connectivity index (χ4n) is 4.25. The highest BCUT2D eigenvalue weighted by atomic mass is 16.2. The normalized spacial score (nSPS) is 36.9. The number of hydrogen-bond acceptors (Lipinski definition) is 2. The van der Waals surface area contributed by atoms with E-state index in [2.05, 4.69) is 38.3 Å². The lowest BCUT2D eigenvalue weighted by atomic mass is 9.68. The second-order valence-corrected chi connectivity index (χ2v) is 7.09. The first kappa shape index (κ1) is 13.9. The fourth-order valence-corrected chi connectivity index (χ4v) is 4.25. The van der Waals surface area contributed by atoms with Gasteiger partial charge in [-0.2, -0.15) is 0 Å². The lowest BCUT2D eigenvalue weighted by Crippen LogP contribution is -2.54. The molecule has 0 heterocycles. The van der Waals surface area contributed by atoms with Crippen molar-refractivity contribution in [1.82, 2.24) is 10.6 Å². The number of hydrogen-bond donors (Lipinski definition) is 2. The summed E-state index contributed by atoms with van der Waals surface area (Å²) in [5.41, 5.74) is 0.585. The monoisotopic (exact) mass is 252 g/mol. The molecule has 18 heavy (non-hydrogen) atoms. The summed E-state index contributed by atoms with van der Waals surface area (Å²) in [7, 11) is 0. The zero-order valence-corrected chi connectivity index (χ0v) is 12.3. The third kappa shape index (κ3) is 2.29. The molecule has 2 rings (SSSR count). The Labute approximate surface area is 111 Å². The molecule has 0 aromatic heterocycles. The van der Waals surface area contributed by atoms with E-state index in [4.69, 9.17) is 0 Å². The predicted octanol–water partition coefficient (Wildman–Crippen LogP) is 2.32. The Balaban J connectivity index is 1.94. The molecule has 0 aliphatic heterocycles.